The van der Waals surface area contributed by atoms with Gasteiger partial charge in [-0.1, -0.05) is 25.7 Å². The number of nitrogens with zero attached hydrogens (tertiary/aromatic N) is 4. The molecule has 26 heavy (non-hydrogen) atoms. The third-order valence-electron chi connectivity index (χ3n) is 3.40. The minimum absolute atomic E-state index is 0.251. The topological polar surface area (TPSA) is 124 Å². The Bertz CT molecular complexity index is 392. The summed E-state index contributed by atoms with van der Waals surface area (Å²) in [5, 5.41) is 12.0. The molecule has 0 bridgehead atoms. The van der Waals surface area contributed by atoms with E-state index in [-0.39, 0.29) is 37.9 Å². The number of halogens is 2. The van der Waals surface area contributed by atoms with Crippen LogP contribution in [-0.4, -0.2) is 60.0 Å². The zero-order valence-corrected chi connectivity index (χ0v) is 16.2. The first kappa shape index (κ1) is 24.3. The fraction of sp³-hybridized carbons (Fsp3) is 0.857. The van der Waals surface area contributed by atoms with E-state index in [9.17, 15) is 19.4 Å². The molecule has 0 radical (unpaired) electrons. The number of hydrogen-bond acceptors (Lipinski definition) is 6. The number of alkyl halides is 2. The van der Waals surface area contributed by atoms with Crippen LogP contribution in [0.2, 0.25) is 0 Å². The Kier molecular flexibility index (Phi) is 15.7. The largest absolute Gasteiger partial charge is 0.340 e. The Morgan fingerprint density at radius 3 is 1.35 bits per heavy atom. The van der Waals surface area contributed by atoms with E-state index in [0.29, 0.717) is 12.8 Å². The van der Waals surface area contributed by atoms with Crippen LogP contribution in [0.15, 0.2) is 10.6 Å². The van der Waals surface area contributed by atoms with Gasteiger partial charge in [-0.15, -0.1) is 33.0 Å². The van der Waals surface area contributed by atoms with Gasteiger partial charge in [0.2, 0.25) is 0 Å². The van der Waals surface area contributed by atoms with Gasteiger partial charge in [0.25, 0.3) is 0 Å². The van der Waals surface area contributed by atoms with Crippen LogP contribution in [0.3, 0.4) is 0 Å². The molecule has 0 aliphatic rings. The van der Waals surface area contributed by atoms with Gasteiger partial charge < -0.3 is 10.6 Å². The van der Waals surface area contributed by atoms with E-state index in [0.717, 1.165) is 35.7 Å². The summed E-state index contributed by atoms with van der Waals surface area (Å²) in [7, 11) is 0. The lowest BCUT2D eigenvalue weighted by Gasteiger charge is -2.14. The fourth-order valence-corrected chi connectivity index (χ4v) is 2.27. The maximum Gasteiger partial charge on any atom is 0.340 e. The van der Waals surface area contributed by atoms with Crippen molar-refractivity contribution in [2.45, 2.75) is 38.5 Å². The summed E-state index contributed by atoms with van der Waals surface area (Å²) in [6.07, 6.45) is 4.79. The molecule has 0 rings (SSSR count). The van der Waals surface area contributed by atoms with Crippen molar-refractivity contribution in [3.8, 4) is 0 Å². The maximum atomic E-state index is 11.5. The number of amides is 4. The maximum absolute atomic E-state index is 11.5. The van der Waals surface area contributed by atoms with Crippen LogP contribution in [0.5, 0.6) is 0 Å². The van der Waals surface area contributed by atoms with E-state index in [1.54, 1.807) is 0 Å². The van der Waals surface area contributed by atoms with Crippen molar-refractivity contribution in [1.29, 1.82) is 0 Å². The van der Waals surface area contributed by atoms with Crippen molar-refractivity contribution in [2.75, 3.05) is 37.9 Å². The Hall–Kier alpha value is -1.68. The third-order valence-corrected chi connectivity index (χ3v) is 3.78. The van der Waals surface area contributed by atoms with Gasteiger partial charge in [-0.25, -0.2) is 9.59 Å². The van der Waals surface area contributed by atoms with Gasteiger partial charge in [-0.3, -0.25) is 0 Å². The summed E-state index contributed by atoms with van der Waals surface area (Å²) >= 11 is 10.9. The highest BCUT2D eigenvalue weighted by molar-refractivity contribution is 6.18. The van der Waals surface area contributed by atoms with E-state index in [4.69, 9.17) is 23.2 Å². The van der Waals surface area contributed by atoms with Crippen molar-refractivity contribution >= 4 is 35.3 Å². The van der Waals surface area contributed by atoms with Crippen molar-refractivity contribution in [2.24, 2.45) is 10.6 Å². The fourth-order valence-electron chi connectivity index (χ4n) is 2.08. The molecule has 0 spiro atoms. The molecule has 0 unspecified atom stereocenters. The quantitative estimate of drug-likeness (QED) is 0.185. The number of carbonyl (C=O) groups is 2. The molecule has 0 aromatic carbocycles. The third kappa shape index (κ3) is 11.8. The molecule has 12 heteroatoms. The molecule has 10 nitrogen and oxygen atoms in total. The number of hydrogen-bond donors (Lipinski definition) is 2. The predicted molar refractivity (Wildman–Crippen MR) is 101 cm³/mol. The molecular formula is C14H26Cl2N6O4. The molecule has 0 aliphatic carbocycles. The summed E-state index contributed by atoms with van der Waals surface area (Å²) in [4.78, 5) is 44.3. The monoisotopic (exact) mass is 412 g/mol. The molecule has 0 aromatic rings. The van der Waals surface area contributed by atoms with Crippen molar-refractivity contribution in [1.82, 2.24) is 20.7 Å². The van der Waals surface area contributed by atoms with Gasteiger partial charge in [0.15, 0.2) is 0 Å². The number of urea groups is 2. The minimum Gasteiger partial charge on any atom is -0.335 e. The average Bonchev–Trinajstić information content (AvgIpc) is 2.65. The van der Waals surface area contributed by atoms with E-state index in [1.807, 2.05) is 0 Å². The van der Waals surface area contributed by atoms with Crippen molar-refractivity contribution in [3.05, 3.63) is 9.81 Å². The first-order valence-corrected chi connectivity index (χ1v) is 9.56. The Morgan fingerprint density at radius 2 is 1.04 bits per heavy atom. The Balaban J connectivity index is 3.73. The van der Waals surface area contributed by atoms with Crippen LogP contribution >= 0.6 is 23.2 Å². The lowest BCUT2D eigenvalue weighted by Crippen LogP contribution is -2.37. The summed E-state index contributed by atoms with van der Waals surface area (Å²) in [5.74, 6) is 0.535. The van der Waals surface area contributed by atoms with Crippen LogP contribution in [0.4, 0.5) is 9.59 Å². The average molecular weight is 413 g/mol. The molecule has 150 valence electrons. The lowest BCUT2D eigenvalue weighted by atomic mass is 10.1. The predicted octanol–water partition coefficient (Wildman–Crippen LogP) is 3.19. The van der Waals surface area contributed by atoms with Crippen LogP contribution in [0.25, 0.3) is 0 Å². The van der Waals surface area contributed by atoms with E-state index < -0.39 is 12.1 Å². The molecule has 0 aromatic heterocycles. The number of unbranched alkanes of at least 4 members (excludes halogenated alkanes) is 5. The Morgan fingerprint density at radius 1 is 0.692 bits per heavy atom. The zero-order valence-electron chi connectivity index (χ0n) is 14.7. The lowest BCUT2D eigenvalue weighted by molar-refractivity contribution is 0.197. The molecule has 0 fully saturated rings. The summed E-state index contributed by atoms with van der Waals surface area (Å²) in [6.45, 7) is 1.06. The van der Waals surface area contributed by atoms with Crippen LogP contribution in [-0.2, 0) is 0 Å². The van der Waals surface area contributed by atoms with Crippen LogP contribution in [0, 0.1) is 9.81 Å². The molecule has 4 amide bonds. The minimum atomic E-state index is -0.547. The second-order valence-electron chi connectivity index (χ2n) is 5.37. The first-order valence-electron chi connectivity index (χ1n) is 8.49. The molecule has 2 N–H and O–H groups in total. The smallest absolute Gasteiger partial charge is 0.335 e. The van der Waals surface area contributed by atoms with Crippen LogP contribution < -0.4 is 10.6 Å². The second kappa shape index (κ2) is 16.8. The van der Waals surface area contributed by atoms with Crippen LogP contribution in [0.1, 0.15) is 38.5 Å². The van der Waals surface area contributed by atoms with E-state index in [1.165, 1.54) is 0 Å². The second-order valence-corrected chi connectivity index (χ2v) is 6.13. The van der Waals surface area contributed by atoms with Gasteiger partial charge in [-0.05, 0) is 12.8 Å². The molecule has 0 heterocycles. The normalized spacial score (nSPS) is 10.1. The van der Waals surface area contributed by atoms with Gasteiger partial charge >= 0.3 is 12.1 Å². The summed E-state index contributed by atoms with van der Waals surface area (Å²) in [6, 6.07) is -1.09. The highest BCUT2D eigenvalue weighted by atomic mass is 35.5. The molecular weight excluding hydrogens is 387 g/mol. The Labute approximate surface area is 162 Å². The summed E-state index contributed by atoms with van der Waals surface area (Å²) in [5.41, 5.74) is 0. The number of rotatable bonds is 15. The molecule has 0 atom stereocenters. The summed E-state index contributed by atoms with van der Waals surface area (Å²) < 4.78 is 0. The van der Waals surface area contributed by atoms with Gasteiger partial charge in [0, 0.05) is 37.9 Å². The van der Waals surface area contributed by atoms with Gasteiger partial charge in [0.1, 0.15) is 0 Å². The standard InChI is InChI=1S/C14H26Cl2N6O4/c15-7-9-17-13(23)21(19-25)11-5-3-1-2-4-6-12-22(20-26)14(24)18-10-8-16/h1-12H2,(H,17,23)(H,18,24). The molecule has 0 saturated carbocycles. The first-order chi connectivity index (χ1) is 12.6. The zero-order chi connectivity index (χ0) is 19.6. The van der Waals surface area contributed by atoms with Gasteiger partial charge in [0.05, 0.1) is 10.6 Å². The van der Waals surface area contributed by atoms with Crippen molar-refractivity contribution < 1.29 is 9.59 Å². The molecule has 0 saturated heterocycles. The number of nitrogens with one attached hydrogen (secondary N) is 2. The highest BCUT2D eigenvalue weighted by Crippen LogP contribution is 2.08. The highest BCUT2D eigenvalue weighted by Gasteiger charge is 2.13. The van der Waals surface area contributed by atoms with E-state index in [2.05, 4.69) is 21.2 Å². The number of carbonyl (C=O) groups excluding carboxylic acids is 2. The SMILES string of the molecule is O=NN(CCCCCCCCN(N=O)C(=O)NCCCl)C(=O)NCCCl. The van der Waals surface area contributed by atoms with Crippen molar-refractivity contribution in [3.63, 3.8) is 0 Å². The van der Waals surface area contributed by atoms with E-state index >= 15 is 0 Å². The molecule has 0 aliphatic heterocycles. The number of nitroso groups, excluding NO2 is 2. The van der Waals surface area contributed by atoms with Gasteiger partial charge in [-0.2, -0.15) is 10.0 Å².